The number of nitrogens with one attached hydrogen (secondary N) is 1. The van der Waals surface area contributed by atoms with Gasteiger partial charge in [0, 0.05) is 12.1 Å². The summed E-state index contributed by atoms with van der Waals surface area (Å²) in [5.74, 6) is -1.05. The number of ether oxygens (including phenoxy) is 1. The molecular weight excluding hydrogens is 224 g/mol. The SMILES string of the molecule is CCNC(C)CC(C)Oc1cc(F)ccc1F. The zero-order valence-corrected chi connectivity index (χ0v) is 10.5. The zero-order chi connectivity index (χ0) is 12.8. The highest BCUT2D eigenvalue weighted by molar-refractivity contribution is 5.25. The van der Waals surface area contributed by atoms with E-state index in [-0.39, 0.29) is 17.9 Å². The zero-order valence-electron chi connectivity index (χ0n) is 10.5. The van der Waals surface area contributed by atoms with Gasteiger partial charge in [-0.25, -0.2) is 8.78 Å². The summed E-state index contributed by atoms with van der Waals surface area (Å²) in [4.78, 5) is 0. The van der Waals surface area contributed by atoms with E-state index in [9.17, 15) is 8.78 Å². The fourth-order valence-electron chi connectivity index (χ4n) is 1.76. The molecule has 0 radical (unpaired) electrons. The molecule has 0 aliphatic carbocycles. The molecule has 0 fully saturated rings. The Morgan fingerprint density at radius 1 is 1.29 bits per heavy atom. The standard InChI is InChI=1S/C13H19F2NO/c1-4-16-9(2)7-10(3)17-13-8-11(14)5-6-12(13)15/h5-6,8-10,16H,4,7H2,1-3H3. The second-order valence-electron chi connectivity index (χ2n) is 4.20. The number of rotatable bonds is 6. The lowest BCUT2D eigenvalue weighted by Gasteiger charge is -2.19. The Morgan fingerprint density at radius 2 is 2.00 bits per heavy atom. The van der Waals surface area contributed by atoms with E-state index < -0.39 is 11.6 Å². The molecule has 0 aliphatic heterocycles. The second-order valence-corrected chi connectivity index (χ2v) is 4.20. The summed E-state index contributed by atoms with van der Waals surface area (Å²) in [6.45, 7) is 6.78. The van der Waals surface area contributed by atoms with E-state index in [2.05, 4.69) is 5.32 Å². The number of benzene rings is 1. The molecule has 0 amide bonds. The third-order valence-electron chi connectivity index (χ3n) is 2.46. The molecule has 96 valence electrons. The predicted molar refractivity (Wildman–Crippen MR) is 64.2 cm³/mol. The van der Waals surface area contributed by atoms with Crippen molar-refractivity contribution in [3.63, 3.8) is 0 Å². The van der Waals surface area contributed by atoms with E-state index >= 15 is 0 Å². The number of hydrogen-bond donors (Lipinski definition) is 1. The lowest BCUT2D eigenvalue weighted by Crippen LogP contribution is -2.30. The highest BCUT2D eigenvalue weighted by Gasteiger charge is 2.12. The van der Waals surface area contributed by atoms with E-state index in [0.717, 1.165) is 31.2 Å². The van der Waals surface area contributed by atoms with Crippen LogP contribution >= 0.6 is 0 Å². The Balaban J connectivity index is 2.55. The van der Waals surface area contributed by atoms with Gasteiger partial charge in [0.15, 0.2) is 11.6 Å². The molecule has 2 atom stereocenters. The van der Waals surface area contributed by atoms with Crippen LogP contribution in [0.25, 0.3) is 0 Å². The molecule has 0 aliphatic rings. The van der Waals surface area contributed by atoms with Crippen molar-refractivity contribution in [1.29, 1.82) is 0 Å². The van der Waals surface area contributed by atoms with Crippen molar-refractivity contribution in [2.75, 3.05) is 6.54 Å². The molecule has 0 saturated carbocycles. The van der Waals surface area contributed by atoms with Crippen molar-refractivity contribution in [3.8, 4) is 5.75 Å². The van der Waals surface area contributed by atoms with E-state index in [4.69, 9.17) is 4.74 Å². The van der Waals surface area contributed by atoms with Crippen molar-refractivity contribution < 1.29 is 13.5 Å². The quantitative estimate of drug-likeness (QED) is 0.828. The van der Waals surface area contributed by atoms with Gasteiger partial charge in [-0.3, -0.25) is 0 Å². The van der Waals surface area contributed by atoms with E-state index in [1.54, 1.807) is 0 Å². The van der Waals surface area contributed by atoms with Crippen molar-refractivity contribution in [1.82, 2.24) is 5.32 Å². The van der Waals surface area contributed by atoms with E-state index in [1.807, 2.05) is 20.8 Å². The molecule has 1 aromatic rings. The van der Waals surface area contributed by atoms with Crippen molar-refractivity contribution in [2.45, 2.75) is 39.3 Å². The maximum Gasteiger partial charge on any atom is 0.165 e. The van der Waals surface area contributed by atoms with Crippen molar-refractivity contribution in [2.24, 2.45) is 0 Å². The lowest BCUT2D eigenvalue weighted by molar-refractivity contribution is 0.187. The molecular formula is C13H19F2NO. The first-order valence-electron chi connectivity index (χ1n) is 5.88. The first-order chi connectivity index (χ1) is 8.02. The second kappa shape index (κ2) is 6.55. The molecule has 0 aromatic heterocycles. The number of hydrogen-bond acceptors (Lipinski definition) is 2. The van der Waals surface area contributed by atoms with Crippen molar-refractivity contribution >= 4 is 0 Å². The first kappa shape index (κ1) is 13.9. The largest absolute Gasteiger partial charge is 0.487 e. The number of halogens is 2. The average Bonchev–Trinajstić information content (AvgIpc) is 2.23. The van der Waals surface area contributed by atoms with Crippen molar-refractivity contribution in [3.05, 3.63) is 29.8 Å². The van der Waals surface area contributed by atoms with Crippen LogP contribution in [0.1, 0.15) is 27.2 Å². The molecule has 0 bridgehead atoms. The van der Waals surface area contributed by atoms with Gasteiger partial charge in [0.2, 0.25) is 0 Å². The normalized spacial score (nSPS) is 14.4. The molecule has 1 aromatic carbocycles. The predicted octanol–water partition coefficient (Wildman–Crippen LogP) is 3.12. The minimum Gasteiger partial charge on any atom is -0.487 e. The Hall–Kier alpha value is -1.16. The Kier molecular flexibility index (Phi) is 5.35. The van der Waals surface area contributed by atoms with Gasteiger partial charge in [0.1, 0.15) is 5.82 Å². The Morgan fingerprint density at radius 3 is 2.65 bits per heavy atom. The molecule has 2 unspecified atom stereocenters. The maximum atomic E-state index is 13.3. The summed E-state index contributed by atoms with van der Waals surface area (Å²) in [5, 5.41) is 3.24. The van der Waals surface area contributed by atoms with Gasteiger partial charge >= 0.3 is 0 Å². The molecule has 1 N–H and O–H groups in total. The van der Waals surface area contributed by atoms with Gasteiger partial charge < -0.3 is 10.1 Å². The van der Waals surface area contributed by atoms with Crippen LogP contribution in [0.3, 0.4) is 0 Å². The topological polar surface area (TPSA) is 21.3 Å². The van der Waals surface area contributed by atoms with Crippen LogP contribution < -0.4 is 10.1 Å². The molecule has 1 rings (SSSR count). The van der Waals surface area contributed by atoms with Crippen LogP contribution in [-0.2, 0) is 0 Å². The van der Waals surface area contributed by atoms with Gasteiger partial charge in [-0.15, -0.1) is 0 Å². The summed E-state index contributed by atoms with van der Waals surface area (Å²) in [6, 6.07) is 3.51. The molecule has 0 saturated heterocycles. The first-order valence-corrected chi connectivity index (χ1v) is 5.88. The molecule has 4 heteroatoms. The van der Waals surface area contributed by atoms with Gasteiger partial charge in [-0.1, -0.05) is 6.92 Å². The van der Waals surface area contributed by atoms with Crippen LogP contribution in [0.15, 0.2) is 18.2 Å². The van der Waals surface area contributed by atoms with Gasteiger partial charge in [0.25, 0.3) is 0 Å². The molecule has 0 heterocycles. The van der Waals surface area contributed by atoms with Gasteiger partial charge in [-0.05, 0) is 38.9 Å². The summed E-state index contributed by atoms with van der Waals surface area (Å²) in [5.41, 5.74) is 0. The van der Waals surface area contributed by atoms with E-state index in [0.29, 0.717) is 0 Å². The third kappa shape index (κ3) is 4.69. The van der Waals surface area contributed by atoms with Crippen LogP contribution in [0.4, 0.5) is 8.78 Å². The van der Waals surface area contributed by atoms with Gasteiger partial charge in [0.05, 0.1) is 6.10 Å². The summed E-state index contributed by atoms with van der Waals surface area (Å²) in [7, 11) is 0. The lowest BCUT2D eigenvalue weighted by atomic mass is 10.1. The van der Waals surface area contributed by atoms with E-state index in [1.165, 1.54) is 0 Å². The van der Waals surface area contributed by atoms with Crippen LogP contribution in [-0.4, -0.2) is 18.7 Å². The summed E-state index contributed by atoms with van der Waals surface area (Å²) in [6.07, 6.45) is 0.574. The highest BCUT2D eigenvalue weighted by Crippen LogP contribution is 2.20. The smallest absolute Gasteiger partial charge is 0.165 e. The molecule has 17 heavy (non-hydrogen) atoms. The fourth-order valence-corrected chi connectivity index (χ4v) is 1.76. The maximum absolute atomic E-state index is 13.3. The summed E-state index contributed by atoms with van der Waals surface area (Å²) >= 11 is 0. The fraction of sp³-hybridized carbons (Fsp3) is 0.538. The highest BCUT2D eigenvalue weighted by atomic mass is 19.1. The minimum absolute atomic E-state index is 0.0267. The minimum atomic E-state index is -0.533. The molecule has 2 nitrogen and oxygen atoms in total. The summed E-state index contributed by atoms with van der Waals surface area (Å²) < 4.78 is 31.6. The Labute approximate surface area is 101 Å². The average molecular weight is 243 g/mol. The third-order valence-corrected chi connectivity index (χ3v) is 2.46. The molecule has 0 spiro atoms. The Bertz CT molecular complexity index is 357. The van der Waals surface area contributed by atoms with Gasteiger partial charge in [-0.2, -0.15) is 0 Å². The van der Waals surface area contributed by atoms with Crippen LogP contribution in [0.2, 0.25) is 0 Å². The van der Waals surface area contributed by atoms with Crippen LogP contribution in [0, 0.1) is 11.6 Å². The van der Waals surface area contributed by atoms with Crippen LogP contribution in [0.5, 0.6) is 5.75 Å². The monoisotopic (exact) mass is 243 g/mol.